The van der Waals surface area contributed by atoms with E-state index in [1.165, 1.54) is 12.1 Å². The van der Waals surface area contributed by atoms with Crippen LogP contribution in [0.15, 0.2) is 22.7 Å². The Bertz CT molecular complexity index is 352. The molecule has 1 aromatic rings. The fourth-order valence-corrected chi connectivity index (χ4v) is 1.76. The zero-order valence-electron chi connectivity index (χ0n) is 8.22. The summed E-state index contributed by atoms with van der Waals surface area (Å²) in [6.07, 6.45) is -3.68. The minimum atomic E-state index is -4.69. The van der Waals surface area contributed by atoms with Gasteiger partial charge in [0.15, 0.2) is 0 Å². The molecule has 0 atom stereocenters. The van der Waals surface area contributed by atoms with Gasteiger partial charge in [0.1, 0.15) is 5.75 Å². The molecule has 0 aliphatic rings. The van der Waals surface area contributed by atoms with Crippen molar-refractivity contribution < 1.29 is 23.0 Å². The Morgan fingerprint density at radius 2 is 1.94 bits per heavy atom. The van der Waals surface area contributed by atoms with E-state index in [0.717, 1.165) is 0 Å². The predicted octanol–water partition coefficient (Wildman–Crippen LogP) is 3.27. The van der Waals surface area contributed by atoms with Gasteiger partial charge in [-0.25, -0.2) is 0 Å². The molecule has 1 aromatic carbocycles. The number of hydrogen-bond donors (Lipinski definition) is 1. The topological polar surface area (TPSA) is 29.5 Å². The number of ether oxygens (including phenoxy) is 1. The molecule has 2 nitrogen and oxygen atoms in total. The van der Waals surface area contributed by atoms with Crippen molar-refractivity contribution in [2.24, 2.45) is 0 Å². The van der Waals surface area contributed by atoms with Crippen LogP contribution in [0.1, 0.15) is 12.0 Å². The highest BCUT2D eigenvalue weighted by Gasteiger charge is 2.31. The van der Waals surface area contributed by atoms with Crippen LogP contribution < -0.4 is 4.74 Å². The quantitative estimate of drug-likeness (QED) is 0.924. The highest BCUT2D eigenvalue weighted by molar-refractivity contribution is 9.10. The summed E-state index contributed by atoms with van der Waals surface area (Å²) in [7, 11) is 0. The molecule has 90 valence electrons. The largest absolute Gasteiger partial charge is 0.573 e. The predicted molar refractivity (Wildman–Crippen MR) is 56.2 cm³/mol. The fourth-order valence-electron chi connectivity index (χ4n) is 1.24. The number of hydrogen-bond acceptors (Lipinski definition) is 2. The Balaban J connectivity index is 2.81. The molecule has 0 spiro atoms. The maximum Gasteiger partial charge on any atom is 0.573 e. The van der Waals surface area contributed by atoms with E-state index in [9.17, 15) is 13.2 Å². The Kier molecular flexibility index (Phi) is 4.61. The summed E-state index contributed by atoms with van der Waals surface area (Å²) in [5, 5.41) is 8.63. The smallest absolute Gasteiger partial charge is 0.406 e. The van der Waals surface area contributed by atoms with Gasteiger partial charge in [-0.1, -0.05) is 15.9 Å². The molecular weight excluding hydrogens is 289 g/mol. The van der Waals surface area contributed by atoms with Crippen LogP contribution in [0.5, 0.6) is 5.75 Å². The van der Waals surface area contributed by atoms with Gasteiger partial charge in [-0.3, -0.25) is 0 Å². The van der Waals surface area contributed by atoms with Crippen LogP contribution in [0, 0.1) is 0 Å². The molecule has 0 saturated heterocycles. The number of aliphatic hydroxyl groups is 1. The van der Waals surface area contributed by atoms with Crippen molar-refractivity contribution in [3.05, 3.63) is 28.2 Å². The van der Waals surface area contributed by atoms with Crippen molar-refractivity contribution in [3.63, 3.8) is 0 Å². The number of benzene rings is 1. The van der Waals surface area contributed by atoms with Gasteiger partial charge < -0.3 is 9.84 Å². The maximum atomic E-state index is 12.0. The second-order valence-corrected chi connectivity index (χ2v) is 4.09. The minimum Gasteiger partial charge on any atom is -0.406 e. The first-order valence-electron chi connectivity index (χ1n) is 4.57. The molecule has 0 saturated carbocycles. The average molecular weight is 299 g/mol. The number of rotatable bonds is 4. The first-order valence-corrected chi connectivity index (χ1v) is 5.36. The van der Waals surface area contributed by atoms with Gasteiger partial charge in [0.05, 0.1) is 0 Å². The van der Waals surface area contributed by atoms with Crippen LogP contribution in [0.25, 0.3) is 0 Å². The van der Waals surface area contributed by atoms with Gasteiger partial charge in [-0.05, 0) is 36.6 Å². The third-order valence-corrected chi connectivity index (χ3v) is 2.25. The van der Waals surface area contributed by atoms with Crippen molar-refractivity contribution in [1.29, 1.82) is 0 Å². The molecule has 0 unspecified atom stereocenters. The van der Waals surface area contributed by atoms with E-state index in [1.54, 1.807) is 6.07 Å². The highest BCUT2D eigenvalue weighted by Crippen LogP contribution is 2.27. The lowest BCUT2D eigenvalue weighted by Gasteiger charge is -2.10. The average Bonchev–Trinajstić information content (AvgIpc) is 2.10. The molecule has 0 bridgehead atoms. The first kappa shape index (κ1) is 13.3. The lowest BCUT2D eigenvalue weighted by atomic mass is 10.1. The molecule has 0 aromatic heterocycles. The van der Waals surface area contributed by atoms with Gasteiger partial charge in [-0.2, -0.15) is 0 Å². The van der Waals surface area contributed by atoms with E-state index in [-0.39, 0.29) is 12.4 Å². The minimum absolute atomic E-state index is 0.00196. The van der Waals surface area contributed by atoms with E-state index >= 15 is 0 Å². The van der Waals surface area contributed by atoms with E-state index in [1.807, 2.05) is 0 Å². The van der Waals surface area contributed by atoms with E-state index in [2.05, 4.69) is 20.7 Å². The zero-order chi connectivity index (χ0) is 12.2. The van der Waals surface area contributed by atoms with Gasteiger partial charge in [0.25, 0.3) is 0 Å². The Morgan fingerprint density at radius 3 is 2.50 bits per heavy atom. The molecule has 1 N–H and O–H groups in total. The molecule has 0 fully saturated rings. The maximum absolute atomic E-state index is 12.0. The fraction of sp³-hybridized carbons (Fsp3) is 0.400. The van der Waals surface area contributed by atoms with Crippen molar-refractivity contribution in [2.75, 3.05) is 6.61 Å². The molecule has 16 heavy (non-hydrogen) atoms. The number of aliphatic hydroxyl groups excluding tert-OH is 1. The van der Waals surface area contributed by atoms with E-state index in [4.69, 9.17) is 5.11 Å². The molecule has 0 aliphatic heterocycles. The van der Waals surface area contributed by atoms with E-state index < -0.39 is 6.36 Å². The molecule has 0 aliphatic carbocycles. The lowest BCUT2D eigenvalue weighted by molar-refractivity contribution is -0.274. The summed E-state index contributed by atoms with van der Waals surface area (Å²) in [6.45, 7) is 0.00196. The third-order valence-electron chi connectivity index (χ3n) is 1.79. The Morgan fingerprint density at radius 1 is 1.25 bits per heavy atom. The monoisotopic (exact) mass is 298 g/mol. The number of aryl methyl sites for hydroxylation is 1. The highest BCUT2D eigenvalue weighted by atomic mass is 79.9. The van der Waals surface area contributed by atoms with Crippen molar-refractivity contribution in [1.82, 2.24) is 0 Å². The summed E-state index contributed by atoms with van der Waals surface area (Å²) >= 11 is 3.10. The summed E-state index contributed by atoms with van der Waals surface area (Å²) in [6, 6.07) is 4.25. The number of halogens is 4. The normalized spacial score (nSPS) is 11.6. The van der Waals surface area contributed by atoms with Crippen molar-refractivity contribution in [2.45, 2.75) is 19.2 Å². The van der Waals surface area contributed by atoms with Crippen LogP contribution in [0.2, 0.25) is 0 Å². The summed E-state index contributed by atoms with van der Waals surface area (Å²) < 4.78 is 40.3. The summed E-state index contributed by atoms with van der Waals surface area (Å²) in [5.41, 5.74) is 0.683. The second-order valence-electron chi connectivity index (χ2n) is 3.17. The SMILES string of the molecule is OCCCc1cc(Br)cc(OC(F)(F)F)c1. The molecule has 0 heterocycles. The van der Waals surface area contributed by atoms with Gasteiger partial charge >= 0.3 is 6.36 Å². The van der Waals surface area contributed by atoms with Crippen LogP contribution in [-0.2, 0) is 6.42 Å². The zero-order valence-corrected chi connectivity index (χ0v) is 9.81. The second kappa shape index (κ2) is 5.54. The first-order chi connectivity index (χ1) is 7.40. The van der Waals surface area contributed by atoms with Crippen molar-refractivity contribution >= 4 is 15.9 Å². The summed E-state index contributed by atoms with van der Waals surface area (Å²) in [5.74, 6) is -0.255. The molecule has 0 amide bonds. The molecule has 0 radical (unpaired) electrons. The van der Waals surface area contributed by atoms with Gasteiger partial charge in [-0.15, -0.1) is 13.2 Å². The standard InChI is InChI=1S/C10H10BrF3O2/c11-8-4-7(2-1-3-15)5-9(6-8)16-10(12,13)14/h4-6,15H,1-3H2. The number of alkyl halides is 3. The van der Waals surface area contributed by atoms with Crippen molar-refractivity contribution in [3.8, 4) is 5.75 Å². The van der Waals surface area contributed by atoms with Crippen LogP contribution in [-0.4, -0.2) is 18.1 Å². The molecular formula is C10H10BrF3O2. The van der Waals surface area contributed by atoms with E-state index in [0.29, 0.717) is 22.9 Å². The molecule has 6 heteroatoms. The summed E-state index contributed by atoms with van der Waals surface area (Å²) in [4.78, 5) is 0. The Labute approximate surface area is 99.2 Å². The van der Waals surface area contributed by atoms with Crippen LogP contribution in [0.4, 0.5) is 13.2 Å². The van der Waals surface area contributed by atoms with Gasteiger partial charge in [0, 0.05) is 11.1 Å². The third kappa shape index (κ3) is 4.85. The van der Waals surface area contributed by atoms with Gasteiger partial charge in [0.2, 0.25) is 0 Å². The lowest BCUT2D eigenvalue weighted by Crippen LogP contribution is -2.17. The van der Waals surface area contributed by atoms with Crippen LogP contribution in [0.3, 0.4) is 0 Å². The van der Waals surface area contributed by atoms with Crippen LogP contribution >= 0.6 is 15.9 Å². The Hall–Kier alpha value is -0.750. The molecule has 1 rings (SSSR count).